The molecule has 0 saturated heterocycles. The van der Waals surface area contributed by atoms with Gasteiger partial charge >= 0.3 is 0 Å². The number of alkyl halides is 2. The first-order valence-corrected chi connectivity index (χ1v) is 8.03. The fourth-order valence-corrected chi connectivity index (χ4v) is 3.20. The van der Waals surface area contributed by atoms with Crippen molar-refractivity contribution in [2.75, 3.05) is 13.2 Å². The maximum atomic E-state index is 12.3. The second kappa shape index (κ2) is 7.95. The van der Waals surface area contributed by atoms with Gasteiger partial charge in [-0.25, -0.2) is 0 Å². The first-order chi connectivity index (χ1) is 9.35. The third-order valence-corrected chi connectivity index (χ3v) is 4.61. The van der Waals surface area contributed by atoms with Crippen LogP contribution in [0.4, 0.5) is 8.78 Å². The lowest BCUT2D eigenvalue weighted by molar-refractivity contribution is 0.0950. The molecule has 3 nitrogen and oxygen atoms in total. The second-order valence-corrected chi connectivity index (χ2v) is 7.12. The molecular weight excluding hydrogens is 304 g/mol. The molecule has 0 aliphatic heterocycles. The molecule has 0 saturated carbocycles. The fourth-order valence-electron chi connectivity index (χ4n) is 1.58. The van der Waals surface area contributed by atoms with Crippen LogP contribution >= 0.6 is 23.1 Å². The van der Waals surface area contributed by atoms with Gasteiger partial charge in [0.15, 0.2) is 0 Å². The molecule has 0 spiro atoms. The molecule has 2 N–H and O–H groups in total. The molecule has 0 unspecified atom stereocenters. The van der Waals surface area contributed by atoms with Gasteiger partial charge in [-0.3, -0.25) is 4.79 Å². The van der Waals surface area contributed by atoms with Crippen LogP contribution < -0.4 is 5.32 Å². The van der Waals surface area contributed by atoms with E-state index in [1.54, 1.807) is 5.38 Å². The molecule has 1 amide bonds. The van der Waals surface area contributed by atoms with Gasteiger partial charge in [0.2, 0.25) is 0 Å². The molecule has 0 fully saturated rings. The third kappa shape index (κ3) is 5.76. The van der Waals surface area contributed by atoms with E-state index in [0.29, 0.717) is 28.1 Å². The average molecular weight is 323 g/mol. The van der Waals surface area contributed by atoms with Crippen molar-refractivity contribution in [1.29, 1.82) is 0 Å². The predicted octanol–water partition coefficient (Wildman–Crippen LogP) is 3.59. The molecule has 1 aromatic heterocycles. The number of nitrogens with one attached hydrogen (secondary N) is 1. The largest absolute Gasteiger partial charge is 0.396 e. The SMILES string of the molecule is CC(C)(CO)CCCNC(=O)c1sccc1SC(F)F. The highest BCUT2D eigenvalue weighted by atomic mass is 32.2. The van der Waals surface area contributed by atoms with E-state index in [2.05, 4.69) is 5.32 Å². The molecule has 0 aliphatic rings. The van der Waals surface area contributed by atoms with Gasteiger partial charge in [-0.15, -0.1) is 11.3 Å². The van der Waals surface area contributed by atoms with Crippen molar-refractivity contribution in [1.82, 2.24) is 5.32 Å². The third-order valence-electron chi connectivity index (χ3n) is 2.80. The van der Waals surface area contributed by atoms with Crippen molar-refractivity contribution in [3.63, 3.8) is 0 Å². The number of halogens is 2. The Hall–Kier alpha value is -0.660. The van der Waals surface area contributed by atoms with Gasteiger partial charge in [0.1, 0.15) is 4.88 Å². The van der Waals surface area contributed by atoms with Crippen molar-refractivity contribution >= 4 is 29.0 Å². The topological polar surface area (TPSA) is 49.3 Å². The van der Waals surface area contributed by atoms with E-state index in [1.165, 1.54) is 6.07 Å². The monoisotopic (exact) mass is 323 g/mol. The minimum atomic E-state index is -2.53. The molecule has 1 aromatic rings. The van der Waals surface area contributed by atoms with Crippen molar-refractivity contribution in [3.8, 4) is 0 Å². The van der Waals surface area contributed by atoms with E-state index in [4.69, 9.17) is 5.11 Å². The molecule has 1 heterocycles. The lowest BCUT2D eigenvalue weighted by Gasteiger charge is -2.21. The highest BCUT2D eigenvalue weighted by Crippen LogP contribution is 2.31. The van der Waals surface area contributed by atoms with Gasteiger partial charge in [-0.05, 0) is 29.7 Å². The molecule has 114 valence electrons. The van der Waals surface area contributed by atoms with Crippen LogP contribution in [0.25, 0.3) is 0 Å². The summed E-state index contributed by atoms with van der Waals surface area (Å²) in [5.41, 5.74) is -0.162. The number of amides is 1. The molecule has 0 bridgehead atoms. The van der Waals surface area contributed by atoms with Crippen LogP contribution in [0.1, 0.15) is 36.4 Å². The zero-order valence-corrected chi connectivity index (χ0v) is 13.1. The van der Waals surface area contributed by atoms with E-state index in [0.717, 1.165) is 24.2 Å². The second-order valence-electron chi connectivity index (χ2n) is 5.17. The Morgan fingerprint density at radius 3 is 2.85 bits per heavy atom. The Morgan fingerprint density at radius 2 is 2.25 bits per heavy atom. The minimum Gasteiger partial charge on any atom is -0.396 e. The Balaban J connectivity index is 2.42. The Bertz CT molecular complexity index is 436. The molecule has 0 radical (unpaired) electrons. The summed E-state index contributed by atoms with van der Waals surface area (Å²) in [6.45, 7) is 4.47. The summed E-state index contributed by atoms with van der Waals surface area (Å²) < 4.78 is 24.7. The lowest BCUT2D eigenvalue weighted by atomic mass is 9.89. The number of hydrogen-bond donors (Lipinski definition) is 2. The van der Waals surface area contributed by atoms with Crippen molar-refractivity contribution in [2.24, 2.45) is 5.41 Å². The van der Waals surface area contributed by atoms with Crippen LogP contribution in [0.5, 0.6) is 0 Å². The number of carbonyl (C=O) groups is 1. The predicted molar refractivity (Wildman–Crippen MR) is 78.6 cm³/mol. The standard InChI is InChI=1S/C13H19F2NO2S2/c1-13(2,8-17)5-3-6-16-11(18)10-9(4-7-19-10)20-12(14)15/h4,7,12,17H,3,5-6,8H2,1-2H3,(H,16,18). The number of aliphatic hydroxyl groups is 1. The molecule has 1 rings (SSSR count). The minimum absolute atomic E-state index is 0.0983. The van der Waals surface area contributed by atoms with E-state index >= 15 is 0 Å². The van der Waals surface area contributed by atoms with Crippen LogP contribution in [-0.2, 0) is 0 Å². The summed E-state index contributed by atoms with van der Waals surface area (Å²) in [7, 11) is 0. The highest BCUT2D eigenvalue weighted by Gasteiger charge is 2.18. The smallest absolute Gasteiger partial charge is 0.288 e. The average Bonchev–Trinajstić information content (AvgIpc) is 2.81. The van der Waals surface area contributed by atoms with Gasteiger partial charge in [-0.1, -0.05) is 25.6 Å². The van der Waals surface area contributed by atoms with Crippen LogP contribution in [0.2, 0.25) is 0 Å². The zero-order chi connectivity index (χ0) is 15.2. The lowest BCUT2D eigenvalue weighted by Crippen LogP contribution is -2.26. The van der Waals surface area contributed by atoms with Crippen LogP contribution in [0, 0.1) is 5.41 Å². The molecule has 20 heavy (non-hydrogen) atoms. The number of carbonyl (C=O) groups excluding carboxylic acids is 1. The number of rotatable bonds is 8. The molecule has 7 heteroatoms. The summed E-state index contributed by atoms with van der Waals surface area (Å²) in [5.74, 6) is -2.84. The summed E-state index contributed by atoms with van der Waals surface area (Å²) in [6.07, 6.45) is 1.52. The van der Waals surface area contributed by atoms with E-state index in [-0.39, 0.29) is 17.9 Å². The van der Waals surface area contributed by atoms with Crippen LogP contribution in [0.15, 0.2) is 16.3 Å². The molecule has 0 aromatic carbocycles. The Morgan fingerprint density at radius 1 is 1.55 bits per heavy atom. The van der Waals surface area contributed by atoms with E-state index in [1.807, 2.05) is 13.8 Å². The normalized spacial score (nSPS) is 11.9. The van der Waals surface area contributed by atoms with Crippen LogP contribution in [0.3, 0.4) is 0 Å². The maximum absolute atomic E-state index is 12.3. The number of thioether (sulfide) groups is 1. The van der Waals surface area contributed by atoms with Crippen molar-refractivity contribution in [3.05, 3.63) is 16.3 Å². The Kier molecular flexibility index (Phi) is 6.91. The van der Waals surface area contributed by atoms with Crippen molar-refractivity contribution in [2.45, 2.75) is 37.3 Å². The van der Waals surface area contributed by atoms with Gasteiger partial charge in [0, 0.05) is 18.0 Å². The fraction of sp³-hybridized carbons (Fsp3) is 0.615. The quantitative estimate of drug-likeness (QED) is 0.568. The zero-order valence-electron chi connectivity index (χ0n) is 11.5. The first kappa shape index (κ1) is 17.4. The molecule has 0 atom stereocenters. The van der Waals surface area contributed by atoms with E-state index < -0.39 is 5.76 Å². The number of thiophene rings is 1. The summed E-state index contributed by atoms with van der Waals surface area (Å²) >= 11 is 1.55. The first-order valence-electron chi connectivity index (χ1n) is 6.27. The van der Waals surface area contributed by atoms with Crippen molar-refractivity contribution < 1.29 is 18.7 Å². The highest BCUT2D eigenvalue weighted by molar-refractivity contribution is 7.99. The summed E-state index contributed by atoms with van der Waals surface area (Å²) in [4.78, 5) is 12.5. The summed E-state index contributed by atoms with van der Waals surface area (Å²) in [5, 5.41) is 13.5. The van der Waals surface area contributed by atoms with Gasteiger partial charge < -0.3 is 10.4 Å². The Labute approximate surface area is 125 Å². The molecule has 0 aliphatic carbocycles. The molecular formula is C13H19F2NO2S2. The van der Waals surface area contributed by atoms with Gasteiger partial charge in [0.25, 0.3) is 11.7 Å². The van der Waals surface area contributed by atoms with Gasteiger partial charge in [-0.2, -0.15) is 8.78 Å². The number of aliphatic hydroxyl groups excluding tert-OH is 1. The van der Waals surface area contributed by atoms with Crippen LogP contribution in [-0.4, -0.2) is 29.9 Å². The number of hydrogen-bond acceptors (Lipinski definition) is 4. The van der Waals surface area contributed by atoms with E-state index in [9.17, 15) is 13.6 Å². The van der Waals surface area contributed by atoms with Gasteiger partial charge in [0.05, 0.1) is 0 Å². The summed E-state index contributed by atoms with van der Waals surface area (Å²) in [6, 6.07) is 1.53. The maximum Gasteiger partial charge on any atom is 0.288 e.